The number of nitrogens with zero attached hydrogens (tertiary/aromatic N) is 5. The van der Waals surface area contributed by atoms with E-state index in [0.717, 1.165) is 39.1 Å². The molecule has 0 aromatic carbocycles. The van der Waals surface area contributed by atoms with E-state index in [4.69, 9.17) is 0 Å². The van der Waals surface area contributed by atoms with Crippen molar-refractivity contribution in [3.8, 4) is 0 Å². The van der Waals surface area contributed by atoms with E-state index in [9.17, 15) is 4.79 Å². The van der Waals surface area contributed by atoms with Crippen molar-refractivity contribution in [2.75, 3.05) is 40.3 Å². The van der Waals surface area contributed by atoms with Gasteiger partial charge < -0.3 is 9.80 Å². The fourth-order valence-corrected chi connectivity index (χ4v) is 3.97. The third-order valence-electron chi connectivity index (χ3n) is 5.00. The molecule has 1 aromatic rings. The van der Waals surface area contributed by atoms with Crippen molar-refractivity contribution >= 4 is 6.03 Å². The van der Waals surface area contributed by atoms with E-state index in [1.54, 1.807) is 4.90 Å². The summed E-state index contributed by atoms with van der Waals surface area (Å²) in [6.45, 7) is 5.03. The number of carbonyl (C=O) groups excluding carboxylic acids is 1. The van der Waals surface area contributed by atoms with Crippen molar-refractivity contribution in [1.29, 1.82) is 0 Å². The van der Waals surface area contributed by atoms with Gasteiger partial charge in [-0.15, -0.1) is 0 Å². The molecule has 6 heteroatoms. The Bertz CT molecular complexity index is 540. The number of rotatable bonds is 2. The maximum atomic E-state index is 12.2. The van der Waals surface area contributed by atoms with Gasteiger partial charge in [0.1, 0.15) is 0 Å². The summed E-state index contributed by atoms with van der Waals surface area (Å²) in [7, 11) is 5.63. The van der Waals surface area contributed by atoms with Crippen LogP contribution in [0.1, 0.15) is 24.8 Å². The summed E-state index contributed by atoms with van der Waals surface area (Å²) >= 11 is 0. The molecule has 1 atom stereocenters. The molecule has 0 unspecified atom stereocenters. The first-order valence-electron chi connectivity index (χ1n) is 8.14. The minimum atomic E-state index is 0.154. The van der Waals surface area contributed by atoms with Gasteiger partial charge in [0.05, 0.1) is 6.20 Å². The summed E-state index contributed by atoms with van der Waals surface area (Å²) < 4.78 is 1.86. The van der Waals surface area contributed by atoms with Crippen molar-refractivity contribution in [3.05, 3.63) is 18.0 Å². The number of aryl methyl sites for hydroxylation is 1. The molecule has 1 spiro atoms. The van der Waals surface area contributed by atoms with Crippen LogP contribution in [0.4, 0.5) is 4.79 Å². The standard InChI is InChI=1S/C16H27N5O/c1-18(2)15(22)21-8-6-16(13-21)5-4-7-20(12-16)11-14-9-17-19(3)10-14/h9-10H,4-8,11-13H2,1-3H3/t16-/m1/s1. The number of hydrogen-bond acceptors (Lipinski definition) is 3. The van der Waals surface area contributed by atoms with Crippen LogP contribution in [0.3, 0.4) is 0 Å². The highest BCUT2D eigenvalue weighted by atomic mass is 16.2. The van der Waals surface area contributed by atoms with Gasteiger partial charge in [-0.05, 0) is 25.8 Å². The predicted octanol–water partition coefficient (Wildman–Crippen LogP) is 1.39. The topological polar surface area (TPSA) is 44.6 Å². The van der Waals surface area contributed by atoms with E-state index in [1.165, 1.54) is 18.4 Å². The molecule has 1 aromatic heterocycles. The molecule has 2 fully saturated rings. The van der Waals surface area contributed by atoms with Crippen LogP contribution in [-0.2, 0) is 13.6 Å². The maximum absolute atomic E-state index is 12.2. The summed E-state index contributed by atoms with van der Waals surface area (Å²) in [6.07, 6.45) is 7.66. The van der Waals surface area contributed by atoms with Gasteiger partial charge in [0.25, 0.3) is 0 Å². The average molecular weight is 305 g/mol. The minimum absolute atomic E-state index is 0.154. The first kappa shape index (κ1) is 15.3. The Labute approximate surface area is 132 Å². The van der Waals surface area contributed by atoms with Crippen molar-refractivity contribution in [2.24, 2.45) is 12.5 Å². The molecule has 22 heavy (non-hydrogen) atoms. The number of aromatic nitrogens is 2. The molecular weight excluding hydrogens is 278 g/mol. The van der Waals surface area contributed by atoms with Gasteiger partial charge in [0.15, 0.2) is 0 Å². The van der Waals surface area contributed by atoms with E-state index in [1.807, 2.05) is 36.9 Å². The summed E-state index contributed by atoms with van der Waals surface area (Å²) in [5.41, 5.74) is 1.57. The smallest absolute Gasteiger partial charge is 0.319 e. The Balaban J connectivity index is 1.62. The van der Waals surface area contributed by atoms with Gasteiger partial charge in [-0.1, -0.05) is 0 Å². The van der Waals surface area contributed by atoms with Gasteiger partial charge in [-0.3, -0.25) is 9.58 Å². The molecule has 0 radical (unpaired) electrons. The van der Waals surface area contributed by atoms with Crippen molar-refractivity contribution < 1.29 is 4.79 Å². The van der Waals surface area contributed by atoms with Crippen LogP contribution >= 0.6 is 0 Å². The van der Waals surface area contributed by atoms with Crippen LogP contribution < -0.4 is 0 Å². The zero-order valence-electron chi connectivity index (χ0n) is 14.0. The zero-order valence-corrected chi connectivity index (χ0v) is 14.0. The van der Waals surface area contributed by atoms with E-state index in [0.29, 0.717) is 5.41 Å². The lowest BCUT2D eigenvalue weighted by Crippen LogP contribution is -2.46. The Morgan fingerprint density at radius 1 is 1.32 bits per heavy atom. The van der Waals surface area contributed by atoms with Crippen molar-refractivity contribution in [2.45, 2.75) is 25.8 Å². The third-order valence-corrected chi connectivity index (χ3v) is 5.00. The molecule has 2 amide bonds. The third kappa shape index (κ3) is 3.11. The molecular formula is C16H27N5O. The fraction of sp³-hybridized carbons (Fsp3) is 0.750. The lowest BCUT2D eigenvalue weighted by Gasteiger charge is -2.40. The number of carbonyl (C=O) groups is 1. The number of likely N-dealkylation sites (tertiary alicyclic amines) is 2. The SMILES string of the molecule is CN(C)C(=O)N1CC[C@@]2(CCCN(Cc3cnn(C)c3)C2)C1. The summed E-state index contributed by atoms with van der Waals surface area (Å²) in [4.78, 5) is 18.4. The van der Waals surface area contributed by atoms with Crippen LogP contribution in [0.2, 0.25) is 0 Å². The van der Waals surface area contributed by atoms with Gasteiger partial charge in [-0.2, -0.15) is 5.10 Å². The second-order valence-corrected chi connectivity index (χ2v) is 7.19. The van der Waals surface area contributed by atoms with Crippen LogP contribution in [0.5, 0.6) is 0 Å². The average Bonchev–Trinajstić information content (AvgIpc) is 3.05. The van der Waals surface area contributed by atoms with Gasteiger partial charge in [0, 0.05) is 64.5 Å². The van der Waals surface area contributed by atoms with E-state index in [2.05, 4.69) is 16.2 Å². The van der Waals surface area contributed by atoms with E-state index in [-0.39, 0.29) is 6.03 Å². The largest absolute Gasteiger partial charge is 0.331 e. The number of urea groups is 1. The molecule has 2 aliphatic rings. The summed E-state index contributed by atoms with van der Waals surface area (Å²) in [5.74, 6) is 0. The monoisotopic (exact) mass is 305 g/mol. The molecule has 0 aliphatic carbocycles. The van der Waals surface area contributed by atoms with Crippen LogP contribution in [-0.4, -0.2) is 70.8 Å². The molecule has 3 rings (SSSR count). The fourth-order valence-electron chi connectivity index (χ4n) is 3.97. The van der Waals surface area contributed by atoms with Gasteiger partial charge >= 0.3 is 6.03 Å². The normalized spacial score (nSPS) is 25.9. The first-order chi connectivity index (χ1) is 10.5. The number of amides is 2. The second-order valence-electron chi connectivity index (χ2n) is 7.19. The Morgan fingerprint density at radius 2 is 2.14 bits per heavy atom. The van der Waals surface area contributed by atoms with Crippen molar-refractivity contribution in [1.82, 2.24) is 24.5 Å². The van der Waals surface area contributed by atoms with Crippen molar-refractivity contribution in [3.63, 3.8) is 0 Å². The Hall–Kier alpha value is -1.56. The molecule has 2 aliphatic heterocycles. The first-order valence-corrected chi connectivity index (χ1v) is 8.14. The van der Waals surface area contributed by atoms with E-state index >= 15 is 0 Å². The molecule has 0 saturated carbocycles. The quantitative estimate of drug-likeness (QED) is 0.829. The molecule has 122 valence electrons. The highest BCUT2D eigenvalue weighted by molar-refractivity contribution is 5.74. The van der Waals surface area contributed by atoms with E-state index < -0.39 is 0 Å². The van der Waals surface area contributed by atoms with Crippen LogP contribution in [0.15, 0.2) is 12.4 Å². The molecule has 2 saturated heterocycles. The number of piperidine rings is 1. The predicted molar refractivity (Wildman–Crippen MR) is 85.4 cm³/mol. The van der Waals surface area contributed by atoms with Gasteiger partial charge in [0.2, 0.25) is 0 Å². The number of hydrogen-bond donors (Lipinski definition) is 0. The Morgan fingerprint density at radius 3 is 2.82 bits per heavy atom. The Kier molecular flexibility index (Phi) is 4.12. The molecule has 0 N–H and O–H groups in total. The van der Waals surface area contributed by atoms with Crippen LogP contribution in [0.25, 0.3) is 0 Å². The zero-order chi connectivity index (χ0) is 15.7. The minimum Gasteiger partial charge on any atom is -0.331 e. The highest BCUT2D eigenvalue weighted by Crippen LogP contribution is 2.39. The summed E-state index contributed by atoms with van der Waals surface area (Å²) in [5, 5.41) is 4.26. The molecule has 6 nitrogen and oxygen atoms in total. The lowest BCUT2D eigenvalue weighted by molar-refractivity contribution is 0.0880. The molecule has 3 heterocycles. The van der Waals surface area contributed by atoms with Gasteiger partial charge in [-0.25, -0.2) is 4.79 Å². The molecule has 0 bridgehead atoms. The highest BCUT2D eigenvalue weighted by Gasteiger charge is 2.43. The lowest BCUT2D eigenvalue weighted by atomic mass is 9.79. The van der Waals surface area contributed by atoms with Crippen LogP contribution in [0, 0.1) is 5.41 Å². The maximum Gasteiger partial charge on any atom is 0.319 e. The summed E-state index contributed by atoms with van der Waals surface area (Å²) in [6, 6.07) is 0.154. The second kappa shape index (κ2) is 5.91.